The van der Waals surface area contributed by atoms with E-state index in [2.05, 4.69) is 35.2 Å². The van der Waals surface area contributed by atoms with Crippen LogP contribution in [0.5, 0.6) is 0 Å². The Kier molecular flexibility index (Phi) is 4.37. The minimum absolute atomic E-state index is 0.802. The third kappa shape index (κ3) is 3.95. The van der Waals surface area contributed by atoms with Gasteiger partial charge < -0.3 is 5.73 Å². The Hall–Kier alpha value is -0.860. The van der Waals surface area contributed by atoms with Gasteiger partial charge in [0.15, 0.2) is 0 Å². The van der Waals surface area contributed by atoms with Gasteiger partial charge in [-0.3, -0.25) is 4.90 Å². The maximum atomic E-state index is 5.59. The van der Waals surface area contributed by atoms with Crippen LogP contribution in [0, 0.1) is 5.92 Å². The summed E-state index contributed by atoms with van der Waals surface area (Å²) in [6, 6.07) is 10.7. The third-order valence-corrected chi connectivity index (χ3v) is 3.14. The summed E-state index contributed by atoms with van der Waals surface area (Å²) in [7, 11) is 0. The molecule has 2 N–H and O–H groups in total. The number of hydrogen-bond donors (Lipinski definition) is 1. The lowest BCUT2D eigenvalue weighted by atomic mass is 10.2. The standard InChI is InChI=1S/C14H22N2/c15-9-4-10-16(12-14-7-8-14)11-13-5-2-1-3-6-13/h1-3,5-6,14H,4,7-12,15H2. The molecule has 0 unspecified atom stereocenters. The maximum Gasteiger partial charge on any atom is 0.0233 e. The average Bonchev–Trinajstić information content (AvgIpc) is 3.11. The van der Waals surface area contributed by atoms with Crippen LogP contribution in [0.1, 0.15) is 24.8 Å². The van der Waals surface area contributed by atoms with Crippen molar-refractivity contribution in [3.8, 4) is 0 Å². The van der Waals surface area contributed by atoms with E-state index in [9.17, 15) is 0 Å². The molecule has 0 spiro atoms. The van der Waals surface area contributed by atoms with Gasteiger partial charge in [-0.15, -0.1) is 0 Å². The van der Waals surface area contributed by atoms with Gasteiger partial charge in [0.1, 0.15) is 0 Å². The first kappa shape index (κ1) is 11.6. The second-order valence-corrected chi connectivity index (χ2v) is 4.81. The van der Waals surface area contributed by atoms with Crippen molar-refractivity contribution < 1.29 is 0 Å². The first-order valence-electron chi connectivity index (χ1n) is 6.35. The molecule has 88 valence electrons. The van der Waals surface area contributed by atoms with Gasteiger partial charge in [-0.25, -0.2) is 0 Å². The molecule has 0 bridgehead atoms. The van der Waals surface area contributed by atoms with Crippen LogP contribution in [-0.2, 0) is 6.54 Å². The van der Waals surface area contributed by atoms with E-state index in [1.54, 1.807) is 0 Å². The number of hydrogen-bond acceptors (Lipinski definition) is 2. The SMILES string of the molecule is NCCCN(Cc1ccccc1)CC1CC1. The van der Waals surface area contributed by atoms with Crippen molar-refractivity contribution in [3.05, 3.63) is 35.9 Å². The maximum absolute atomic E-state index is 5.59. The number of nitrogens with zero attached hydrogens (tertiary/aromatic N) is 1. The van der Waals surface area contributed by atoms with Crippen LogP contribution in [0.2, 0.25) is 0 Å². The Morgan fingerprint density at radius 1 is 1.19 bits per heavy atom. The quantitative estimate of drug-likeness (QED) is 0.760. The van der Waals surface area contributed by atoms with Gasteiger partial charge in [-0.2, -0.15) is 0 Å². The predicted octanol–water partition coefficient (Wildman–Crippen LogP) is 2.25. The van der Waals surface area contributed by atoms with Crippen LogP contribution in [0.4, 0.5) is 0 Å². The Bertz CT molecular complexity index is 293. The van der Waals surface area contributed by atoms with E-state index in [-0.39, 0.29) is 0 Å². The van der Waals surface area contributed by atoms with Crippen molar-refractivity contribution in [1.29, 1.82) is 0 Å². The highest BCUT2D eigenvalue weighted by atomic mass is 15.1. The molecule has 1 saturated carbocycles. The van der Waals surface area contributed by atoms with Gasteiger partial charge in [0.25, 0.3) is 0 Å². The molecule has 0 aromatic heterocycles. The lowest BCUT2D eigenvalue weighted by Gasteiger charge is -2.22. The highest BCUT2D eigenvalue weighted by molar-refractivity contribution is 5.14. The molecule has 1 aliphatic carbocycles. The molecule has 0 amide bonds. The van der Waals surface area contributed by atoms with Crippen molar-refractivity contribution in [3.63, 3.8) is 0 Å². The monoisotopic (exact) mass is 218 g/mol. The summed E-state index contributed by atoms with van der Waals surface area (Å²) in [6.45, 7) is 4.28. The predicted molar refractivity (Wildman–Crippen MR) is 68.1 cm³/mol. The van der Waals surface area contributed by atoms with Crippen molar-refractivity contribution in [2.24, 2.45) is 11.7 Å². The van der Waals surface area contributed by atoms with Crippen molar-refractivity contribution in [2.45, 2.75) is 25.8 Å². The summed E-state index contributed by atoms with van der Waals surface area (Å²) in [4.78, 5) is 2.56. The van der Waals surface area contributed by atoms with Gasteiger partial charge in [-0.1, -0.05) is 30.3 Å². The van der Waals surface area contributed by atoms with Gasteiger partial charge in [0.05, 0.1) is 0 Å². The summed E-state index contributed by atoms with van der Waals surface area (Å²) in [5.74, 6) is 0.960. The zero-order valence-corrected chi connectivity index (χ0v) is 9.94. The van der Waals surface area contributed by atoms with E-state index in [0.717, 1.165) is 32.0 Å². The molecule has 0 heterocycles. The van der Waals surface area contributed by atoms with E-state index in [1.165, 1.54) is 24.9 Å². The number of benzene rings is 1. The Labute approximate surface area is 98.4 Å². The van der Waals surface area contributed by atoms with E-state index in [1.807, 2.05) is 0 Å². The highest BCUT2D eigenvalue weighted by Gasteiger charge is 2.23. The van der Waals surface area contributed by atoms with Gasteiger partial charge in [0.2, 0.25) is 0 Å². The summed E-state index contributed by atoms with van der Waals surface area (Å²) >= 11 is 0. The molecule has 0 aliphatic heterocycles. The summed E-state index contributed by atoms with van der Waals surface area (Å²) in [5.41, 5.74) is 7.01. The number of nitrogens with two attached hydrogens (primary N) is 1. The average molecular weight is 218 g/mol. The van der Waals surface area contributed by atoms with Crippen LogP contribution in [0.25, 0.3) is 0 Å². The fourth-order valence-electron chi connectivity index (χ4n) is 2.06. The van der Waals surface area contributed by atoms with Crippen molar-refractivity contribution in [1.82, 2.24) is 4.90 Å². The lowest BCUT2D eigenvalue weighted by Crippen LogP contribution is -2.28. The molecule has 1 fully saturated rings. The normalized spacial score (nSPS) is 15.6. The first-order chi connectivity index (χ1) is 7.88. The molecule has 16 heavy (non-hydrogen) atoms. The van der Waals surface area contributed by atoms with Crippen LogP contribution >= 0.6 is 0 Å². The van der Waals surface area contributed by atoms with E-state index in [0.29, 0.717) is 0 Å². The fourth-order valence-corrected chi connectivity index (χ4v) is 2.06. The first-order valence-corrected chi connectivity index (χ1v) is 6.35. The molecule has 0 radical (unpaired) electrons. The smallest absolute Gasteiger partial charge is 0.0233 e. The van der Waals surface area contributed by atoms with Crippen LogP contribution < -0.4 is 5.73 Å². The zero-order valence-electron chi connectivity index (χ0n) is 9.94. The minimum atomic E-state index is 0.802. The Balaban J connectivity index is 1.84. The molecular weight excluding hydrogens is 196 g/mol. The molecular formula is C14H22N2. The molecule has 2 heteroatoms. The lowest BCUT2D eigenvalue weighted by molar-refractivity contribution is 0.253. The summed E-state index contributed by atoms with van der Waals surface area (Å²) < 4.78 is 0. The van der Waals surface area contributed by atoms with E-state index in [4.69, 9.17) is 5.73 Å². The number of rotatable bonds is 7. The molecule has 1 aromatic rings. The second-order valence-electron chi connectivity index (χ2n) is 4.81. The zero-order chi connectivity index (χ0) is 11.2. The molecule has 1 aliphatic rings. The van der Waals surface area contributed by atoms with Crippen LogP contribution in [-0.4, -0.2) is 24.5 Å². The molecule has 1 aromatic carbocycles. The van der Waals surface area contributed by atoms with Crippen LogP contribution in [0.15, 0.2) is 30.3 Å². The summed E-state index contributed by atoms with van der Waals surface area (Å²) in [5, 5.41) is 0. The van der Waals surface area contributed by atoms with Crippen LogP contribution in [0.3, 0.4) is 0 Å². The molecule has 0 atom stereocenters. The molecule has 2 nitrogen and oxygen atoms in total. The topological polar surface area (TPSA) is 29.3 Å². The van der Waals surface area contributed by atoms with Gasteiger partial charge in [-0.05, 0) is 43.8 Å². The Morgan fingerprint density at radius 3 is 2.56 bits per heavy atom. The van der Waals surface area contributed by atoms with Gasteiger partial charge in [0, 0.05) is 13.1 Å². The highest BCUT2D eigenvalue weighted by Crippen LogP contribution is 2.30. The largest absolute Gasteiger partial charge is 0.330 e. The Morgan fingerprint density at radius 2 is 1.94 bits per heavy atom. The second kappa shape index (κ2) is 6.02. The van der Waals surface area contributed by atoms with E-state index < -0.39 is 0 Å². The van der Waals surface area contributed by atoms with Crippen molar-refractivity contribution >= 4 is 0 Å². The van der Waals surface area contributed by atoms with Gasteiger partial charge >= 0.3 is 0 Å². The molecule has 0 saturated heterocycles. The minimum Gasteiger partial charge on any atom is -0.330 e. The molecule has 2 rings (SSSR count). The summed E-state index contributed by atoms with van der Waals surface area (Å²) in [6.07, 6.45) is 3.96. The fraction of sp³-hybridized carbons (Fsp3) is 0.571. The van der Waals surface area contributed by atoms with E-state index >= 15 is 0 Å². The van der Waals surface area contributed by atoms with Crippen molar-refractivity contribution in [2.75, 3.05) is 19.6 Å². The third-order valence-electron chi connectivity index (χ3n) is 3.14.